The average molecular weight is 393 g/mol. The molecular weight excluding hydrogens is 376 g/mol. The summed E-state index contributed by atoms with van der Waals surface area (Å²) >= 11 is 0. The van der Waals surface area contributed by atoms with Crippen LogP contribution in [0, 0.1) is 23.0 Å². The largest absolute Gasteiger partial charge is 0.462 e. The molecule has 1 aromatic heterocycles. The lowest BCUT2D eigenvalue weighted by molar-refractivity contribution is 0.0524. The highest BCUT2D eigenvalue weighted by molar-refractivity contribution is 5.91. The summed E-state index contributed by atoms with van der Waals surface area (Å²) in [7, 11) is 0. The highest BCUT2D eigenvalue weighted by Gasteiger charge is 2.17. The minimum Gasteiger partial charge on any atom is -0.462 e. The second-order valence-corrected chi connectivity index (χ2v) is 6.05. The fraction of sp³-hybridized carbons (Fsp3) is 0.136. The predicted octanol–water partition coefficient (Wildman–Crippen LogP) is 4.69. The number of carbonyl (C=O) groups is 1. The van der Waals surface area contributed by atoms with Gasteiger partial charge in [-0.2, -0.15) is 5.26 Å². The first kappa shape index (κ1) is 20.0. The zero-order chi connectivity index (χ0) is 20.8. The summed E-state index contributed by atoms with van der Waals surface area (Å²) in [6.45, 7) is 1.95. The molecule has 3 rings (SSSR count). The lowest BCUT2D eigenvalue weighted by atomic mass is 10.0. The number of benzene rings is 2. The van der Waals surface area contributed by atoms with Gasteiger partial charge in [0, 0.05) is 17.4 Å². The van der Waals surface area contributed by atoms with Crippen molar-refractivity contribution in [2.24, 2.45) is 0 Å². The first-order valence-electron chi connectivity index (χ1n) is 8.88. The zero-order valence-electron chi connectivity index (χ0n) is 15.6. The molecule has 0 bridgehead atoms. The fourth-order valence-corrected chi connectivity index (χ4v) is 2.87. The van der Waals surface area contributed by atoms with Crippen LogP contribution in [0.2, 0.25) is 0 Å². The lowest BCUT2D eigenvalue weighted by Crippen LogP contribution is -2.13. The van der Waals surface area contributed by atoms with Crippen molar-refractivity contribution in [2.45, 2.75) is 13.5 Å². The van der Waals surface area contributed by atoms with E-state index >= 15 is 0 Å². The van der Waals surface area contributed by atoms with Crippen molar-refractivity contribution in [1.82, 2.24) is 4.98 Å². The van der Waals surface area contributed by atoms with E-state index in [2.05, 4.69) is 10.3 Å². The number of carbonyl (C=O) groups excluding carboxylic acids is 1. The van der Waals surface area contributed by atoms with E-state index in [9.17, 15) is 13.6 Å². The van der Waals surface area contributed by atoms with Crippen molar-refractivity contribution in [3.05, 3.63) is 83.2 Å². The van der Waals surface area contributed by atoms with Crippen LogP contribution in [0.5, 0.6) is 0 Å². The van der Waals surface area contributed by atoms with Gasteiger partial charge in [0.25, 0.3) is 0 Å². The summed E-state index contributed by atoms with van der Waals surface area (Å²) in [4.78, 5) is 16.4. The average Bonchev–Trinajstić information content (AvgIpc) is 2.73. The first-order chi connectivity index (χ1) is 14.0. The van der Waals surface area contributed by atoms with Gasteiger partial charge in [0.15, 0.2) is 0 Å². The number of anilines is 1. The molecule has 0 aliphatic rings. The van der Waals surface area contributed by atoms with Gasteiger partial charge in [-0.1, -0.05) is 24.3 Å². The fourth-order valence-electron chi connectivity index (χ4n) is 2.87. The molecule has 0 saturated carbocycles. The van der Waals surface area contributed by atoms with Crippen molar-refractivity contribution < 1.29 is 18.3 Å². The molecule has 1 N–H and O–H groups in total. The molecule has 2 aromatic carbocycles. The van der Waals surface area contributed by atoms with Crippen LogP contribution >= 0.6 is 0 Å². The normalized spacial score (nSPS) is 10.3. The number of nitrogens with zero attached hydrogens (tertiary/aromatic N) is 2. The van der Waals surface area contributed by atoms with E-state index in [1.807, 2.05) is 6.07 Å². The van der Waals surface area contributed by atoms with Crippen LogP contribution in [0.1, 0.15) is 28.5 Å². The molecule has 146 valence electrons. The van der Waals surface area contributed by atoms with Crippen molar-refractivity contribution in [3.63, 3.8) is 0 Å². The Hall–Kier alpha value is -3.79. The second kappa shape index (κ2) is 8.93. The van der Waals surface area contributed by atoms with E-state index in [4.69, 9.17) is 10.00 Å². The number of para-hydroxylation sites is 1. The molecule has 1 heterocycles. The minimum absolute atomic E-state index is 0.0902. The highest BCUT2D eigenvalue weighted by Crippen LogP contribution is 2.32. The van der Waals surface area contributed by atoms with Crippen LogP contribution in [0.4, 0.5) is 14.5 Å². The summed E-state index contributed by atoms with van der Waals surface area (Å²) < 4.78 is 33.5. The molecule has 0 fully saturated rings. The zero-order valence-corrected chi connectivity index (χ0v) is 15.6. The van der Waals surface area contributed by atoms with Crippen LogP contribution in [-0.4, -0.2) is 17.6 Å². The monoisotopic (exact) mass is 393 g/mol. The Bertz CT molecular complexity index is 1070. The van der Waals surface area contributed by atoms with Gasteiger partial charge in [-0.25, -0.2) is 13.6 Å². The Kier molecular flexibility index (Phi) is 6.15. The standard InChI is InChI=1S/C22H17F2N3O2/c1-2-29-22(28)16-10-14(11-25)12-26-20(16)13-27-19-9-4-3-6-15(19)21-17(23)7-5-8-18(21)24/h3-10,12,27H,2,13H2,1H3. The van der Waals surface area contributed by atoms with Crippen molar-refractivity contribution in [3.8, 4) is 17.2 Å². The van der Waals surface area contributed by atoms with Crippen LogP contribution < -0.4 is 5.32 Å². The van der Waals surface area contributed by atoms with Gasteiger partial charge in [-0.3, -0.25) is 4.98 Å². The molecule has 0 atom stereocenters. The number of aromatic nitrogens is 1. The maximum atomic E-state index is 14.2. The van der Waals surface area contributed by atoms with Gasteiger partial charge in [-0.15, -0.1) is 0 Å². The van der Waals surface area contributed by atoms with Gasteiger partial charge < -0.3 is 10.1 Å². The predicted molar refractivity (Wildman–Crippen MR) is 104 cm³/mol. The third-order valence-electron chi connectivity index (χ3n) is 4.20. The molecule has 0 radical (unpaired) electrons. The Balaban J connectivity index is 1.94. The number of nitriles is 1. The number of nitrogens with one attached hydrogen (secondary N) is 1. The molecule has 0 spiro atoms. The Labute approximate surface area is 166 Å². The number of hydrogen-bond donors (Lipinski definition) is 1. The Morgan fingerprint density at radius 1 is 1.17 bits per heavy atom. The smallest absolute Gasteiger partial charge is 0.340 e. The van der Waals surface area contributed by atoms with Crippen LogP contribution in [0.15, 0.2) is 54.7 Å². The highest BCUT2D eigenvalue weighted by atomic mass is 19.1. The first-order valence-corrected chi connectivity index (χ1v) is 8.88. The molecule has 7 heteroatoms. The number of esters is 1. The molecular formula is C22H17F2N3O2. The van der Waals surface area contributed by atoms with E-state index in [1.165, 1.54) is 30.5 Å². The number of pyridine rings is 1. The van der Waals surface area contributed by atoms with Gasteiger partial charge in [0.2, 0.25) is 0 Å². The van der Waals surface area contributed by atoms with Crippen molar-refractivity contribution >= 4 is 11.7 Å². The third kappa shape index (κ3) is 4.38. The van der Waals surface area contributed by atoms with Gasteiger partial charge in [0.05, 0.1) is 35.5 Å². The lowest BCUT2D eigenvalue weighted by Gasteiger charge is -2.14. The van der Waals surface area contributed by atoms with E-state index in [0.717, 1.165) is 0 Å². The van der Waals surface area contributed by atoms with Crippen LogP contribution in [0.25, 0.3) is 11.1 Å². The number of rotatable bonds is 6. The molecule has 29 heavy (non-hydrogen) atoms. The quantitative estimate of drug-likeness (QED) is 0.615. The van der Waals surface area contributed by atoms with E-state index < -0.39 is 17.6 Å². The van der Waals surface area contributed by atoms with Gasteiger partial charge >= 0.3 is 5.97 Å². The van der Waals surface area contributed by atoms with E-state index in [0.29, 0.717) is 16.9 Å². The third-order valence-corrected chi connectivity index (χ3v) is 4.20. The van der Waals surface area contributed by atoms with Crippen molar-refractivity contribution in [1.29, 1.82) is 5.26 Å². The molecule has 0 aliphatic heterocycles. The topological polar surface area (TPSA) is 75.0 Å². The Morgan fingerprint density at radius 2 is 1.90 bits per heavy atom. The molecule has 0 aliphatic carbocycles. The van der Waals surface area contributed by atoms with E-state index in [-0.39, 0.29) is 29.8 Å². The number of halogens is 2. The SMILES string of the molecule is CCOC(=O)c1cc(C#N)cnc1CNc1ccccc1-c1c(F)cccc1F. The molecule has 0 saturated heterocycles. The number of ether oxygens (including phenoxy) is 1. The second-order valence-electron chi connectivity index (χ2n) is 6.05. The van der Waals surface area contributed by atoms with Crippen molar-refractivity contribution in [2.75, 3.05) is 11.9 Å². The maximum Gasteiger partial charge on any atom is 0.340 e. The van der Waals surface area contributed by atoms with Gasteiger partial charge in [-0.05, 0) is 31.2 Å². The summed E-state index contributed by atoms with van der Waals surface area (Å²) in [6.07, 6.45) is 1.35. The molecule has 0 unspecified atom stereocenters. The van der Waals surface area contributed by atoms with E-state index in [1.54, 1.807) is 31.2 Å². The Morgan fingerprint density at radius 3 is 2.59 bits per heavy atom. The molecule has 5 nitrogen and oxygen atoms in total. The summed E-state index contributed by atoms with van der Waals surface area (Å²) in [6, 6.07) is 13.7. The molecule has 3 aromatic rings. The van der Waals surface area contributed by atoms with Gasteiger partial charge in [0.1, 0.15) is 17.7 Å². The minimum atomic E-state index is -0.678. The van der Waals surface area contributed by atoms with Crippen LogP contribution in [0.3, 0.4) is 0 Å². The summed E-state index contributed by atoms with van der Waals surface area (Å²) in [5, 5.41) is 12.1. The maximum absolute atomic E-state index is 14.2. The summed E-state index contributed by atoms with van der Waals surface area (Å²) in [5.74, 6) is -1.95. The summed E-state index contributed by atoms with van der Waals surface area (Å²) in [5.41, 5.74) is 1.41. The molecule has 0 amide bonds. The number of hydrogen-bond acceptors (Lipinski definition) is 5. The van der Waals surface area contributed by atoms with Crippen LogP contribution in [-0.2, 0) is 11.3 Å².